The van der Waals surface area contributed by atoms with Crippen LogP contribution in [-0.4, -0.2) is 15.3 Å². The number of carbonyl (C=O) groups is 1. The Hall–Kier alpha value is -1.99. The highest BCUT2D eigenvalue weighted by atomic mass is 79.9. The monoisotopic (exact) mass is 377 g/mol. The van der Waals surface area contributed by atoms with Crippen LogP contribution in [0.15, 0.2) is 51.3 Å². The first kappa shape index (κ1) is 14.9. The molecule has 0 aliphatic carbocycles. The quantitative estimate of drug-likeness (QED) is 0.762. The smallest absolute Gasteiger partial charge is 0.271 e. The highest BCUT2D eigenvalue weighted by Gasteiger charge is 2.16. The van der Waals surface area contributed by atoms with Crippen LogP contribution in [0.1, 0.15) is 28.9 Å². The maximum absolute atomic E-state index is 12.3. The van der Waals surface area contributed by atoms with Gasteiger partial charge in [0.15, 0.2) is 4.96 Å². The van der Waals surface area contributed by atoms with Crippen molar-refractivity contribution in [1.29, 1.82) is 0 Å². The van der Waals surface area contributed by atoms with Gasteiger partial charge in [0, 0.05) is 22.2 Å². The van der Waals surface area contributed by atoms with Crippen LogP contribution in [0.4, 0.5) is 0 Å². The molecule has 1 unspecified atom stereocenters. The molecule has 0 radical (unpaired) electrons. The number of amides is 1. The van der Waals surface area contributed by atoms with Crippen molar-refractivity contribution in [3.05, 3.63) is 68.0 Å². The van der Waals surface area contributed by atoms with Crippen molar-refractivity contribution >= 4 is 38.1 Å². The average molecular weight is 378 g/mol. The molecule has 0 bridgehead atoms. The van der Waals surface area contributed by atoms with Gasteiger partial charge in [0.2, 0.25) is 0 Å². The zero-order chi connectivity index (χ0) is 15.7. The summed E-state index contributed by atoms with van der Waals surface area (Å²) in [6, 6.07) is 7.45. The van der Waals surface area contributed by atoms with Gasteiger partial charge in [0.1, 0.15) is 5.56 Å². The Morgan fingerprint density at radius 1 is 1.36 bits per heavy atom. The molecule has 2 aromatic heterocycles. The van der Waals surface area contributed by atoms with Crippen molar-refractivity contribution in [2.45, 2.75) is 13.0 Å². The molecule has 5 nitrogen and oxygen atoms in total. The van der Waals surface area contributed by atoms with Crippen molar-refractivity contribution in [2.24, 2.45) is 0 Å². The largest absolute Gasteiger partial charge is 0.345 e. The number of carbonyl (C=O) groups excluding carboxylic acids is 1. The third-order valence-corrected chi connectivity index (χ3v) is 4.60. The van der Waals surface area contributed by atoms with E-state index in [0.29, 0.717) is 4.96 Å². The normalized spacial score (nSPS) is 12.3. The molecule has 1 atom stereocenters. The van der Waals surface area contributed by atoms with Crippen LogP contribution in [0.3, 0.4) is 0 Å². The van der Waals surface area contributed by atoms with E-state index in [4.69, 9.17) is 0 Å². The van der Waals surface area contributed by atoms with Crippen LogP contribution >= 0.6 is 27.3 Å². The summed E-state index contributed by atoms with van der Waals surface area (Å²) in [4.78, 5) is 29.3. The minimum Gasteiger partial charge on any atom is -0.345 e. The number of nitrogens with zero attached hydrogens (tertiary/aromatic N) is 2. The standard InChI is InChI=1S/C15H12BrN3O2S/c1-9(10-2-4-11(16)5-3-10)18-13(20)12-8-17-15-19(14(12)21)6-7-22-15/h2-9H,1H3,(H,18,20). The predicted molar refractivity (Wildman–Crippen MR) is 89.4 cm³/mol. The zero-order valence-corrected chi connectivity index (χ0v) is 14.0. The Kier molecular flexibility index (Phi) is 4.08. The van der Waals surface area contributed by atoms with E-state index in [1.54, 1.807) is 11.6 Å². The van der Waals surface area contributed by atoms with E-state index in [2.05, 4.69) is 26.2 Å². The van der Waals surface area contributed by atoms with Crippen molar-refractivity contribution < 1.29 is 4.79 Å². The Morgan fingerprint density at radius 2 is 2.09 bits per heavy atom. The lowest BCUT2D eigenvalue weighted by Gasteiger charge is -2.14. The van der Waals surface area contributed by atoms with Gasteiger partial charge >= 0.3 is 0 Å². The second kappa shape index (κ2) is 6.02. The number of nitrogens with one attached hydrogen (secondary N) is 1. The lowest BCUT2D eigenvalue weighted by Crippen LogP contribution is -2.32. The molecule has 3 aromatic rings. The summed E-state index contributed by atoms with van der Waals surface area (Å²) in [7, 11) is 0. The van der Waals surface area contributed by atoms with Gasteiger partial charge in [-0.25, -0.2) is 4.98 Å². The molecule has 0 saturated carbocycles. The first-order valence-corrected chi connectivity index (χ1v) is 8.25. The maximum Gasteiger partial charge on any atom is 0.271 e. The molecule has 1 amide bonds. The maximum atomic E-state index is 12.3. The van der Waals surface area contributed by atoms with Crippen LogP contribution in [0.5, 0.6) is 0 Å². The van der Waals surface area contributed by atoms with Gasteiger partial charge in [-0.3, -0.25) is 14.0 Å². The number of hydrogen-bond donors (Lipinski definition) is 1. The highest BCUT2D eigenvalue weighted by Crippen LogP contribution is 2.16. The van der Waals surface area contributed by atoms with Crippen molar-refractivity contribution in [1.82, 2.24) is 14.7 Å². The van der Waals surface area contributed by atoms with Gasteiger partial charge < -0.3 is 5.32 Å². The highest BCUT2D eigenvalue weighted by molar-refractivity contribution is 9.10. The number of halogens is 1. The summed E-state index contributed by atoms with van der Waals surface area (Å²) < 4.78 is 2.35. The lowest BCUT2D eigenvalue weighted by atomic mass is 10.1. The van der Waals surface area contributed by atoms with E-state index in [-0.39, 0.29) is 17.2 Å². The summed E-state index contributed by atoms with van der Waals surface area (Å²) in [6.45, 7) is 1.87. The molecule has 112 valence electrons. The topological polar surface area (TPSA) is 63.5 Å². The molecule has 3 rings (SSSR count). The molecular formula is C15H12BrN3O2S. The fraction of sp³-hybridized carbons (Fsp3) is 0.133. The van der Waals surface area contributed by atoms with Crippen LogP contribution in [0.25, 0.3) is 4.96 Å². The number of thiazole rings is 1. The number of rotatable bonds is 3. The summed E-state index contributed by atoms with van der Waals surface area (Å²) in [5.74, 6) is -0.423. The van der Waals surface area contributed by atoms with Crippen LogP contribution < -0.4 is 10.9 Å². The molecule has 0 spiro atoms. The minimum atomic E-state index is -0.423. The van der Waals surface area contributed by atoms with E-state index < -0.39 is 5.91 Å². The first-order valence-electron chi connectivity index (χ1n) is 6.57. The average Bonchev–Trinajstić information content (AvgIpc) is 2.97. The van der Waals surface area contributed by atoms with E-state index in [1.165, 1.54) is 21.9 Å². The van der Waals surface area contributed by atoms with E-state index >= 15 is 0 Å². The second-order valence-corrected chi connectivity index (χ2v) is 6.57. The molecule has 1 N–H and O–H groups in total. The van der Waals surface area contributed by atoms with Gasteiger partial charge in [0.25, 0.3) is 11.5 Å². The summed E-state index contributed by atoms with van der Waals surface area (Å²) in [5.41, 5.74) is 0.646. The minimum absolute atomic E-state index is 0.0415. The second-order valence-electron chi connectivity index (χ2n) is 4.78. The Morgan fingerprint density at radius 3 is 2.82 bits per heavy atom. The van der Waals surface area contributed by atoms with Gasteiger partial charge in [-0.2, -0.15) is 0 Å². The van der Waals surface area contributed by atoms with Crippen LogP contribution in [0, 0.1) is 0 Å². The van der Waals surface area contributed by atoms with Gasteiger partial charge in [0.05, 0.1) is 6.04 Å². The number of hydrogen-bond acceptors (Lipinski definition) is 4. The zero-order valence-electron chi connectivity index (χ0n) is 11.6. The van der Waals surface area contributed by atoms with Crippen molar-refractivity contribution in [3.8, 4) is 0 Å². The molecule has 1 aromatic carbocycles. The molecular weight excluding hydrogens is 366 g/mol. The Balaban J connectivity index is 1.85. The lowest BCUT2D eigenvalue weighted by molar-refractivity contribution is 0.0938. The third kappa shape index (κ3) is 2.82. The number of aromatic nitrogens is 2. The molecule has 0 saturated heterocycles. The molecule has 22 heavy (non-hydrogen) atoms. The number of benzene rings is 1. The van der Waals surface area contributed by atoms with Crippen LogP contribution in [-0.2, 0) is 0 Å². The van der Waals surface area contributed by atoms with Crippen LogP contribution in [0.2, 0.25) is 0 Å². The van der Waals surface area contributed by atoms with Gasteiger partial charge in [-0.1, -0.05) is 28.1 Å². The van der Waals surface area contributed by atoms with Crippen molar-refractivity contribution in [2.75, 3.05) is 0 Å². The Labute approximate surface area is 138 Å². The van der Waals surface area contributed by atoms with E-state index in [1.807, 2.05) is 31.2 Å². The van der Waals surface area contributed by atoms with E-state index in [9.17, 15) is 9.59 Å². The van der Waals surface area contributed by atoms with Gasteiger partial charge in [-0.05, 0) is 24.6 Å². The van der Waals surface area contributed by atoms with E-state index in [0.717, 1.165) is 10.0 Å². The Bertz CT molecular complexity index is 886. The predicted octanol–water partition coefficient (Wildman–Crippen LogP) is 3.01. The van der Waals surface area contributed by atoms with Crippen molar-refractivity contribution in [3.63, 3.8) is 0 Å². The fourth-order valence-corrected chi connectivity index (χ4v) is 3.03. The SMILES string of the molecule is CC(NC(=O)c1cnc2sccn2c1=O)c1ccc(Br)cc1. The molecule has 2 heterocycles. The molecule has 0 aliphatic heterocycles. The first-order chi connectivity index (χ1) is 10.6. The summed E-state index contributed by atoms with van der Waals surface area (Å²) >= 11 is 4.72. The molecule has 0 aliphatic rings. The van der Waals surface area contributed by atoms with Gasteiger partial charge in [-0.15, -0.1) is 11.3 Å². The number of fused-ring (bicyclic) bond motifs is 1. The summed E-state index contributed by atoms with van der Waals surface area (Å²) in [5, 5.41) is 4.59. The summed E-state index contributed by atoms with van der Waals surface area (Å²) in [6.07, 6.45) is 2.95. The molecule has 0 fully saturated rings. The fourth-order valence-electron chi connectivity index (χ4n) is 2.09. The third-order valence-electron chi connectivity index (χ3n) is 3.30. The molecule has 7 heteroatoms.